The molecule has 0 saturated carbocycles. The maximum atomic E-state index is 13.1. The van der Waals surface area contributed by atoms with E-state index in [1.54, 1.807) is 12.2 Å². The number of rotatable bonds is 72. The molecule has 3 N–H and O–H groups in total. The molecule has 0 rings (SSSR count). The van der Waals surface area contributed by atoms with E-state index < -0.39 is 97.5 Å². The monoisotopic (exact) mass is 1540 g/mol. The van der Waals surface area contributed by atoms with Gasteiger partial charge in [-0.2, -0.15) is 0 Å². The molecule has 5 unspecified atom stereocenters. The molecule has 19 heteroatoms. The number of aliphatic hydroxyl groups excluding tert-OH is 1. The van der Waals surface area contributed by atoms with E-state index in [1.807, 2.05) is 12.2 Å². The summed E-state index contributed by atoms with van der Waals surface area (Å²) in [4.78, 5) is 73.0. The molecule has 0 fully saturated rings. The van der Waals surface area contributed by atoms with Crippen molar-refractivity contribution in [2.24, 2.45) is 0 Å². The van der Waals surface area contributed by atoms with Crippen LogP contribution in [0.1, 0.15) is 259 Å². The Morgan fingerprint density at radius 1 is 0.269 bits per heavy atom. The van der Waals surface area contributed by atoms with Crippen LogP contribution in [0, 0.1) is 0 Å². The first-order valence-corrected chi connectivity index (χ1v) is 43.0. The molecule has 0 radical (unpaired) electrons. The van der Waals surface area contributed by atoms with E-state index in [0.717, 1.165) is 180 Å². The average Bonchev–Trinajstić information content (AvgIpc) is 0.901. The van der Waals surface area contributed by atoms with Crippen LogP contribution < -0.4 is 0 Å². The molecule has 0 amide bonds. The number of hydrogen-bond acceptors (Lipinski definition) is 15. The summed E-state index contributed by atoms with van der Waals surface area (Å²) in [6, 6.07) is 0. The SMILES string of the molecule is CC/C=C\C/C=C\C/C=C\C/C=C\C/C=C\CCCCCC(=O)OCC(COP(=O)(O)OCC(O)COP(=O)(O)OCC(COC(=O)CCCCCC/C=C\C/C=C\C/C=C\C/C=C\CC)OC(=O)CCCCCC/C=C\C/C=C\C/C=C\C/C=C\CC)OC(=O)C/C=C\C/C=C\C/C=C\C/C=C\C/C=C\CC. The zero-order valence-corrected chi connectivity index (χ0v) is 68.0. The quantitative estimate of drug-likeness (QED) is 0.0169. The van der Waals surface area contributed by atoms with Gasteiger partial charge >= 0.3 is 39.5 Å². The van der Waals surface area contributed by atoms with Gasteiger partial charge in [0.05, 0.1) is 32.8 Å². The van der Waals surface area contributed by atoms with Crippen molar-refractivity contribution in [1.82, 2.24) is 0 Å². The molecule has 0 aliphatic heterocycles. The van der Waals surface area contributed by atoms with Crippen LogP contribution in [0.5, 0.6) is 0 Å². The highest BCUT2D eigenvalue weighted by molar-refractivity contribution is 7.47. The van der Waals surface area contributed by atoms with Gasteiger partial charge in [-0.15, -0.1) is 0 Å². The van der Waals surface area contributed by atoms with E-state index >= 15 is 0 Å². The first kappa shape index (κ1) is 101. The fourth-order valence-electron chi connectivity index (χ4n) is 9.54. The van der Waals surface area contributed by atoms with Gasteiger partial charge in [0.15, 0.2) is 12.2 Å². The van der Waals surface area contributed by atoms with Gasteiger partial charge in [-0.25, -0.2) is 9.13 Å². The van der Waals surface area contributed by atoms with Gasteiger partial charge in [0.25, 0.3) is 0 Å². The summed E-state index contributed by atoms with van der Waals surface area (Å²) >= 11 is 0. The molecule has 0 bridgehead atoms. The van der Waals surface area contributed by atoms with Gasteiger partial charge < -0.3 is 33.8 Å². The van der Waals surface area contributed by atoms with Crippen LogP contribution in [-0.2, 0) is 65.4 Å². The minimum Gasteiger partial charge on any atom is -0.462 e. The van der Waals surface area contributed by atoms with Crippen molar-refractivity contribution in [1.29, 1.82) is 0 Å². The van der Waals surface area contributed by atoms with Crippen molar-refractivity contribution in [2.75, 3.05) is 39.6 Å². The lowest BCUT2D eigenvalue weighted by atomic mass is 10.1. The van der Waals surface area contributed by atoms with Crippen molar-refractivity contribution in [3.05, 3.63) is 219 Å². The first-order chi connectivity index (χ1) is 52.7. The third-order valence-corrected chi connectivity index (χ3v) is 17.4. The predicted octanol–water partition coefficient (Wildman–Crippen LogP) is 23.7. The second kappa shape index (κ2) is 78.5. The van der Waals surface area contributed by atoms with Crippen LogP contribution in [0.4, 0.5) is 0 Å². The van der Waals surface area contributed by atoms with Crippen LogP contribution in [0.15, 0.2) is 219 Å². The number of phosphoric acid groups is 2. The zero-order valence-electron chi connectivity index (χ0n) is 66.2. The average molecular weight is 1540 g/mol. The number of carbonyl (C=O) groups excluding carboxylic acids is 4. The number of esters is 4. The lowest BCUT2D eigenvalue weighted by molar-refractivity contribution is -0.161. The number of allylic oxidation sites excluding steroid dienone is 35. The normalized spacial score (nSPS) is 15.0. The van der Waals surface area contributed by atoms with Crippen LogP contribution in [-0.4, -0.2) is 96.7 Å². The van der Waals surface area contributed by atoms with Crippen molar-refractivity contribution in [2.45, 2.75) is 277 Å². The summed E-state index contributed by atoms with van der Waals surface area (Å²) in [6.07, 6.45) is 99.5. The van der Waals surface area contributed by atoms with Crippen LogP contribution in [0.2, 0.25) is 0 Å². The number of hydrogen-bond donors (Lipinski definition) is 3. The van der Waals surface area contributed by atoms with Crippen LogP contribution in [0.3, 0.4) is 0 Å². The molecule has 0 saturated heterocycles. The number of carbonyl (C=O) groups is 4. The fourth-order valence-corrected chi connectivity index (χ4v) is 11.1. The van der Waals surface area contributed by atoms with Gasteiger partial charge in [-0.3, -0.25) is 37.3 Å². The summed E-state index contributed by atoms with van der Waals surface area (Å²) in [7, 11) is -10.0. The summed E-state index contributed by atoms with van der Waals surface area (Å²) in [5, 5.41) is 10.6. The Kier molecular flexibility index (Phi) is 73.7. The van der Waals surface area contributed by atoms with Crippen molar-refractivity contribution >= 4 is 39.5 Å². The third-order valence-electron chi connectivity index (χ3n) is 15.5. The summed E-state index contributed by atoms with van der Waals surface area (Å²) in [5.74, 6) is -2.44. The molecule has 0 aromatic rings. The second-order valence-electron chi connectivity index (χ2n) is 25.5. The number of phosphoric ester groups is 2. The summed E-state index contributed by atoms with van der Waals surface area (Å²) in [6.45, 7) is 4.17. The Morgan fingerprint density at radius 2 is 0.491 bits per heavy atom. The second-order valence-corrected chi connectivity index (χ2v) is 28.4. The number of aliphatic hydroxyl groups is 1. The Balaban J connectivity index is 5.54. The first-order valence-electron chi connectivity index (χ1n) is 40.0. The largest absolute Gasteiger partial charge is 0.472 e. The fraction of sp³-hybridized carbons (Fsp3) is 0.551. The lowest BCUT2D eigenvalue weighted by Gasteiger charge is -2.21. The Bertz CT molecular complexity index is 2910. The molecule has 0 aliphatic carbocycles. The van der Waals surface area contributed by atoms with Gasteiger partial charge in [0.2, 0.25) is 0 Å². The molecule has 0 heterocycles. The van der Waals surface area contributed by atoms with E-state index in [0.29, 0.717) is 25.7 Å². The van der Waals surface area contributed by atoms with Gasteiger partial charge in [0.1, 0.15) is 19.3 Å². The van der Waals surface area contributed by atoms with Gasteiger partial charge in [0, 0.05) is 19.3 Å². The van der Waals surface area contributed by atoms with Crippen molar-refractivity contribution in [3.63, 3.8) is 0 Å². The van der Waals surface area contributed by atoms with Crippen LogP contribution >= 0.6 is 15.6 Å². The van der Waals surface area contributed by atoms with Crippen molar-refractivity contribution < 1.29 is 80.2 Å². The van der Waals surface area contributed by atoms with Gasteiger partial charge in [-0.1, -0.05) is 279 Å². The highest BCUT2D eigenvalue weighted by Gasteiger charge is 2.30. The predicted molar refractivity (Wildman–Crippen MR) is 445 cm³/mol. The third kappa shape index (κ3) is 77.5. The molecule has 108 heavy (non-hydrogen) atoms. The Morgan fingerprint density at radius 3 is 0.778 bits per heavy atom. The molecular weight excluding hydrogens is 1400 g/mol. The highest BCUT2D eigenvalue weighted by Crippen LogP contribution is 2.45. The molecule has 606 valence electrons. The molecule has 5 atom stereocenters. The minimum absolute atomic E-state index is 0.0482. The smallest absolute Gasteiger partial charge is 0.462 e. The minimum atomic E-state index is -5.03. The Labute approximate surface area is 651 Å². The number of ether oxygens (including phenoxy) is 4. The van der Waals surface area contributed by atoms with E-state index in [9.17, 15) is 43.2 Å². The Hall–Kier alpha value is -6.62. The van der Waals surface area contributed by atoms with E-state index in [1.165, 1.54) is 0 Å². The molecule has 0 aromatic carbocycles. The van der Waals surface area contributed by atoms with E-state index in [4.69, 9.17) is 37.0 Å². The van der Waals surface area contributed by atoms with E-state index in [-0.39, 0.29) is 25.7 Å². The molecule has 0 spiro atoms. The zero-order chi connectivity index (χ0) is 78.9. The highest BCUT2D eigenvalue weighted by atomic mass is 31.2. The topological polar surface area (TPSA) is 237 Å². The molecule has 17 nitrogen and oxygen atoms in total. The molecule has 0 aromatic heterocycles. The maximum absolute atomic E-state index is 13.1. The summed E-state index contributed by atoms with van der Waals surface area (Å²) < 4.78 is 68.4. The summed E-state index contributed by atoms with van der Waals surface area (Å²) in [5.41, 5.74) is 0. The molecular formula is C89H138O17P2. The van der Waals surface area contributed by atoms with Gasteiger partial charge in [-0.05, 0) is 173 Å². The standard InChI is InChI=1S/C89H138O17P2/c1-5-9-13-17-21-25-29-33-37-40-41-44-47-50-54-58-62-66-70-74-87(92)100-79-84(105-88(93)75-71-67-63-59-55-51-45-36-32-28-24-20-16-12-8-4)81-103-107(95,96)101-77-83(90)78-102-108(97,98)104-82-85(106-89(94)76-72-68-64-60-56-52-48-43-39-35-31-27-23-19-15-11-7-3)80-99-86(91)73-69-65-61-57-53-49-46-42-38-34-30-26-22-18-14-10-6-2/h9-16,21-28,33-39,41,44-46,48-50,52,54-55,59,67,71,83-85,90H,5-8,17-20,29-32,40,42-43,47,51,53,56-58,60-66,68-70,72-82H2,1-4H3,(H,95,96)(H,97,98)/b13-9-,14-10-,15-11-,16-12-,25-21-,26-22-,27-23-,28-24-,37-33-,38-34-,39-35-,44-41-,45-36-,49-46-,52-48-,54-50-,59-55-,71-67-. The maximum Gasteiger partial charge on any atom is 0.472 e. The van der Waals surface area contributed by atoms with Crippen LogP contribution in [0.25, 0.3) is 0 Å². The molecule has 0 aliphatic rings. The lowest BCUT2D eigenvalue weighted by Crippen LogP contribution is -2.30. The van der Waals surface area contributed by atoms with E-state index in [2.05, 4.69) is 222 Å². The number of unbranched alkanes of at least 4 members (excludes halogenated alkanes) is 11. The van der Waals surface area contributed by atoms with Crippen molar-refractivity contribution in [3.8, 4) is 0 Å².